The predicted molar refractivity (Wildman–Crippen MR) is 82.1 cm³/mol. The van der Waals surface area contributed by atoms with Gasteiger partial charge >= 0.3 is 0 Å². The number of hydrogen-bond acceptors (Lipinski definition) is 3. The SMILES string of the molecule is CNCC1(CN2CCc3ccccc3CC2)CCOC1. The first-order valence-corrected chi connectivity index (χ1v) is 7.83. The van der Waals surface area contributed by atoms with Gasteiger partial charge in [-0.05, 0) is 37.4 Å². The number of hydrogen-bond donors (Lipinski definition) is 1. The molecule has 1 unspecified atom stereocenters. The van der Waals surface area contributed by atoms with Crippen LogP contribution in [0.25, 0.3) is 0 Å². The van der Waals surface area contributed by atoms with Crippen molar-refractivity contribution in [3.05, 3.63) is 35.4 Å². The van der Waals surface area contributed by atoms with E-state index in [0.29, 0.717) is 5.41 Å². The molecule has 2 aliphatic rings. The van der Waals surface area contributed by atoms with Crippen LogP contribution in [0, 0.1) is 5.41 Å². The highest BCUT2D eigenvalue weighted by Gasteiger charge is 2.36. The molecule has 1 fully saturated rings. The van der Waals surface area contributed by atoms with Gasteiger partial charge in [-0.1, -0.05) is 24.3 Å². The predicted octanol–water partition coefficient (Wildman–Crippen LogP) is 1.71. The van der Waals surface area contributed by atoms with Crippen LogP contribution < -0.4 is 5.32 Å². The third kappa shape index (κ3) is 3.05. The van der Waals surface area contributed by atoms with Crippen molar-refractivity contribution < 1.29 is 4.74 Å². The summed E-state index contributed by atoms with van der Waals surface area (Å²) in [6.45, 7) is 6.44. The van der Waals surface area contributed by atoms with Gasteiger partial charge < -0.3 is 15.0 Å². The topological polar surface area (TPSA) is 24.5 Å². The van der Waals surface area contributed by atoms with Crippen molar-refractivity contribution in [2.45, 2.75) is 19.3 Å². The van der Waals surface area contributed by atoms with E-state index in [0.717, 1.165) is 19.8 Å². The molecule has 0 saturated carbocycles. The molecule has 110 valence electrons. The molecule has 0 aromatic heterocycles. The Morgan fingerprint density at radius 3 is 2.45 bits per heavy atom. The minimum atomic E-state index is 0.325. The van der Waals surface area contributed by atoms with Crippen molar-refractivity contribution in [2.75, 3.05) is 46.4 Å². The minimum absolute atomic E-state index is 0.325. The third-order valence-corrected chi connectivity index (χ3v) is 4.81. The molecule has 1 saturated heterocycles. The zero-order valence-corrected chi connectivity index (χ0v) is 12.5. The zero-order valence-electron chi connectivity index (χ0n) is 12.5. The van der Waals surface area contributed by atoms with Gasteiger partial charge in [0.2, 0.25) is 0 Å². The van der Waals surface area contributed by atoms with Crippen LogP contribution in [0.2, 0.25) is 0 Å². The smallest absolute Gasteiger partial charge is 0.0547 e. The Morgan fingerprint density at radius 2 is 1.90 bits per heavy atom. The molecule has 0 radical (unpaired) electrons. The van der Waals surface area contributed by atoms with Crippen LogP contribution >= 0.6 is 0 Å². The van der Waals surface area contributed by atoms with E-state index in [2.05, 4.69) is 41.5 Å². The van der Waals surface area contributed by atoms with Crippen molar-refractivity contribution >= 4 is 0 Å². The molecular weight excluding hydrogens is 248 g/mol. The van der Waals surface area contributed by atoms with Gasteiger partial charge in [0, 0.05) is 38.2 Å². The quantitative estimate of drug-likeness (QED) is 0.905. The largest absolute Gasteiger partial charge is 0.381 e. The molecule has 20 heavy (non-hydrogen) atoms. The number of benzene rings is 1. The summed E-state index contributed by atoms with van der Waals surface area (Å²) < 4.78 is 5.68. The molecule has 1 atom stereocenters. The summed E-state index contributed by atoms with van der Waals surface area (Å²) in [6.07, 6.45) is 3.57. The summed E-state index contributed by atoms with van der Waals surface area (Å²) in [5.74, 6) is 0. The maximum absolute atomic E-state index is 5.68. The van der Waals surface area contributed by atoms with Crippen LogP contribution in [0.1, 0.15) is 17.5 Å². The van der Waals surface area contributed by atoms with Crippen molar-refractivity contribution in [1.82, 2.24) is 10.2 Å². The monoisotopic (exact) mass is 274 g/mol. The Morgan fingerprint density at radius 1 is 1.20 bits per heavy atom. The van der Waals surface area contributed by atoms with Gasteiger partial charge in [0.15, 0.2) is 0 Å². The van der Waals surface area contributed by atoms with Crippen LogP contribution in [0.15, 0.2) is 24.3 Å². The second-order valence-corrected chi connectivity index (χ2v) is 6.38. The Balaban J connectivity index is 1.64. The molecule has 3 rings (SSSR count). The zero-order chi connectivity index (χ0) is 13.8. The van der Waals surface area contributed by atoms with E-state index in [1.807, 2.05) is 0 Å². The van der Waals surface area contributed by atoms with Gasteiger partial charge in [-0.25, -0.2) is 0 Å². The molecule has 1 aromatic rings. The first-order chi connectivity index (χ1) is 9.81. The lowest BCUT2D eigenvalue weighted by Crippen LogP contribution is -2.44. The summed E-state index contributed by atoms with van der Waals surface area (Å²) in [5.41, 5.74) is 3.41. The number of nitrogens with zero attached hydrogens (tertiary/aromatic N) is 1. The fourth-order valence-electron chi connectivity index (χ4n) is 3.69. The van der Waals surface area contributed by atoms with Crippen LogP contribution in [-0.2, 0) is 17.6 Å². The Kier molecular flexibility index (Phi) is 4.39. The average Bonchev–Trinajstić information content (AvgIpc) is 2.81. The van der Waals surface area contributed by atoms with Crippen LogP contribution in [0.4, 0.5) is 0 Å². The molecule has 3 nitrogen and oxygen atoms in total. The van der Waals surface area contributed by atoms with E-state index in [9.17, 15) is 0 Å². The Bertz CT molecular complexity index is 413. The van der Waals surface area contributed by atoms with Crippen molar-refractivity contribution in [2.24, 2.45) is 5.41 Å². The molecule has 0 amide bonds. The van der Waals surface area contributed by atoms with E-state index < -0.39 is 0 Å². The number of rotatable bonds is 4. The number of ether oxygens (including phenoxy) is 1. The second kappa shape index (κ2) is 6.25. The van der Waals surface area contributed by atoms with E-state index in [4.69, 9.17) is 4.74 Å². The molecule has 0 aliphatic carbocycles. The lowest BCUT2D eigenvalue weighted by Gasteiger charge is -2.33. The first kappa shape index (κ1) is 14.1. The summed E-state index contributed by atoms with van der Waals surface area (Å²) in [4.78, 5) is 2.64. The Hall–Kier alpha value is -0.900. The minimum Gasteiger partial charge on any atom is -0.381 e. The average molecular weight is 274 g/mol. The first-order valence-electron chi connectivity index (χ1n) is 7.83. The fourth-order valence-corrected chi connectivity index (χ4v) is 3.69. The van der Waals surface area contributed by atoms with E-state index in [1.54, 1.807) is 11.1 Å². The summed E-state index contributed by atoms with van der Waals surface area (Å²) in [6, 6.07) is 8.92. The van der Waals surface area contributed by atoms with E-state index in [1.165, 1.54) is 38.9 Å². The highest BCUT2D eigenvalue weighted by Crippen LogP contribution is 2.30. The molecule has 1 aromatic carbocycles. The molecule has 2 heterocycles. The molecule has 1 N–H and O–H groups in total. The molecular formula is C17H26N2O. The highest BCUT2D eigenvalue weighted by atomic mass is 16.5. The normalized spacial score (nSPS) is 27.2. The van der Waals surface area contributed by atoms with Crippen LogP contribution in [0.5, 0.6) is 0 Å². The van der Waals surface area contributed by atoms with Gasteiger partial charge in [0.25, 0.3) is 0 Å². The van der Waals surface area contributed by atoms with Crippen molar-refractivity contribution in [3.63, 3.8) is 0 Å². The van der Waals surface area contributed by atoms with Crippen LogP contribution in [0.3, 0.4) is 0 Å². The molecule has 3 heteroatoms. The maximum Gasteiger partial charge on any atom is 0.0547 e. The van der Waals surface area contributed by atoms with E-state index >= 15 is 0 Å². The molecule has 0 spiro atoms. The lowest BCUT2D eigenvalue weighted by molar-refractivity contribution is 0.111. The van der Waals surface area contributed by atoms with Gasteiger partial charge in [-0.2, -0.15) is 0 Å². The lowest BCUT2D eigenvalue weighted by atomic mass is 9.86. The van der Waals surface area contributed by atoms with Gasteiger partial charge in [-0.3, -0.25) is 0 Å². The summed E-state index contributed by atoms with van der Waals surface area (Å²) in [5, 5.41) is 3.37. The summed E-state index contributed by atoms with van der Waals surface area (Å²) >= 11 is 0. The van der Waals surface area contributed by atoms with Crippen molar-refractivity contribution in [1.29, 1.82) is 0 Å². The fraction of sp³-hybridized carbons (Fsp3) is 0.647. The van der Waals surface area contributed by atoms with Gasteiger partial charge in [0.05, 0.1) is 6.61 Å². The third-order valence-electron chi connectivity index (χ3n) is 4.81. The Labute approximate surface area is 122 Å². The molecule has 2 aliphatic heterocycles. The van der Waals surface area contributed by atoms with Crippen molar-refractivity contribution in [3.8, 4) is 0 Å². The standard InChI is InChI=1S/C17H26N2O/c1-18-12-17(8-11-20-14-17)13-19-9-6-15-4-2-3-5-16(15)7-10-19/h2-5,18H,6-14H2,1H3. The number of fused-ring (bicyclic) bond motifs is 1. The van der Waals surface area contributed by atoms with Crippen LogP contribution in [-0.4, -0.2) is 51.3 Å². The summed E-state index contributed by atoms with van der Waals surface area (Å²) in [7, 11) is 2.05. The second-order valence-electron chi connectivity index (χ2n) is 6.38. The van der Waals surface area contributed by atoms with Gasteiger partial charge in [0.1, 0.15) is 0 Å². The van der Waals surface area contributed by atoms with Gasteiger partial charge in [-0.15, -0.1) is 0 Å². The van der Waals surface area contributed by atoms with E-state index in [-0.39, 0.29) is 0 Å². The maximum atomic E-state index is 5.68. The molecule has 0 bridgehead atoms. The highest BCUT2D eigenvalue weighted by molar-refractivity contribution is 5.28. The number of nitrogens with one attached hydrogen (secondary N) is 1.